The Hall–Kier alpha value is -2.04. The summed E-state index contributed by atoms with van der Waals surface area (Å²) in [6.45, 7) is 7.20. The van der Waals surface area contributed by atoms with Gasteiger partial charge in [-0.2, -0.15) is 0 Å². The van der Waals surface area contributed by atoms with E-state index < -0.39 is 23.7 Å². The molecule has 0 radical (unpaired) electrons. The third-order valence-electron chi connectivity index (χ3n) is 3.30. The highest BCUT2D eigenvalue weighted by Crippen LogP contribution is 2.35. The molecule has 1 amide bonds. The molecule has 21 heavy (non-hydrogen) atoms. The number of amides is 1. The highest BCUT2D eigenvalue weighted by atomic mass is 16.6. The lowest BCUT2D eigenvalue weighted by molar-refractivity contribution is -0.143. The average Bonchev–Trinajstić information content (AvgIpc) is 2.66. The number of hydrogen-bond donors (Lipinski definition) is 1. The summed E-state index contributed by atoms with van der Waals surface area (Å²) < 4.78 is 10.6. The fourth-order valence-electron chi connectivity index (χ4n) is 2.33. The van der Waals surface area contributed by atoms with Crippen molar-refractivity contribution in [2.75, 3.05) is 0 Å². The summed E-state index contributed by atoms with van der Waals surface area (Å²) in [5.74, 6) is -0.588. The van der Waals surface area contributed by atoms with Gasteiger partial charge in [0, 0.05) is 5.92 Å². The second kappa shape index (κ2) is 5.76. The first kappa shape index (κ1) is 15.4. The third kappa shape index (κ3) is 3.74. The summed E-state index contributed by atoms with van der Waals surface area (Å²) in [5.41, 5.74) is 0.320. The van der Waals surface area contributed by atoms with Gasteiger partial charge >= 0.3 is 12.1 Å². The van der Waals surface area contributed by atoms with Crippen LogP contribution >= 0.6 is 0 Å². The van der Waals surface area contributed by atoms with E-state index in [0.717, 1.165) is 5.56 Å². The molecule has 0 unspecified atom stereocenters. The number of rotatable bonds is 2. The first-order chi connectivity index (χ1) is 9.78. The van der Waals surface area contributed by atoms with Crippen LogP contribution in [0.4, 0.5) is 4.79 Å². The number of carbonyl (C=O) groups excluding carboxylic acids is 2. The minimum Gasteiger partial charge on any atom is -0.456 e. The molecule has 114 valence electrons. The summed E-state index contributed by atoms with van der Waals surface area (Å²) in [7, 11) is 0. The van der Waals surface area contributed by atoms with Gasteiger partial charge in [0.2, 0.25) is 0 Å². The minimum absolute atomic E-state index is 0.160. The highest BCUT2D eigenvalue weighted by Gasteiger charge is 2.43. The number of cyclic esters (lactones) is 1. The van der Waals surface area contributed by atoms with E-state index in [1.165, 1.54) is 0 Å². The fourth-order valence-corrected chi connectivity index (χ4v) is 2.33. The Balaban J connectivity index is 2.05. The van der Waals surface area contributed by atoms with Gasteiger partial charge in [-0.15, -0.1) is 0 Å². The normalized spacial score (nSPS) is 25.3. The maximum Gasteiger partial charge on any atom is 0.408 e. The van der Waals surface area contributed by atoms with E-state index in [1.54, 1.807) is 20.8 Å². The van der Waals surface area contributed by atoms with Gasteiger partial charge in [0.25, 0.3) is 0 Å². The number of benzene rings is 1. The number of carbonyl (C=O) groups is 2. The van der Waals surface area contributed by atoms with Gasteiger partial charge in [0.05, 0.1) is 0 Å². The van der Waals surface area contributed by atoms with Crippen LogP contribution in [0.25, 0.3) is 0 Å². The van der Waals surface area contributed by atoms with Crippen LogP contribution in [0.3, 0.4) is 0 Å². The Kier molecular flexibility index (Phi) is 4.21. The lowest BCUT2D eigenvalue weighted by atomic mass is 9.94. The van der Waals surface area contributed by atoms with E-state index in [0.29, 0.717) is 0 Å². The van der Waals surface area contributed by atoms with Gasteiger partial charge in [-0.1, -0.05) is 37.3 Å². The van der Waals surface area contributed by atoms with E-state index >= 15 is 0 Å². The van der Waals surface area contributed by atoms with E-state index in [2.05, 4.69) is 5.32 Å². The van der Waals surface area contributed by atoms with Crippen LogP contribution in [0.5, 0.6) is 0 Å². The van der Waals surface area contributed by atoms with Crippen LogP contribution in [0, 0.1) is 5.92 Å². The first-order valence-corrected chi connectivity index (χ1v) is 7.03. The number of ether oxygens (including phenoxy) is 2. The summed E-state index contributed by atoms with van der Waals surface area (Å²) in [6.07, 6.45) is -0.955. The molecule has 1 N–H and O–H groups in total. The molecule has 1 aromatic carbocycles. The van der Waals surface area contributed by atoms with Crippen molar-refractivity contribution in [1.29, 1.82) is 0 Å². The van der Waals surface area contributed by atoms with Gasteiger partial charge in [-0.3, -0.25) is 0 Å². The van der Waals surface area contributed by atoms with Gasteiger partial charge in [-0.05, 0) is 26.3 Å². The minimum atomic E-state index is -0.690. The zero-order valence-electron chi connectivity index (χ0n) is 12.8. The van der Waals surface area contributed by atoms with Gasteiger partial charge < -0.3 is 14.8 Å². The number of esters is 1. The number of hydrogen-bond acceptors (Lipinski definition) is 4. The first-order valence-electron chi connectivity index (χ1n) is 7.03. The molecule has 1 aromatic rings. The summed E-state index contributed by atoms with van der Waals surface area (Å²) >= 11 is 0. The van der Waals surface area contributed by atoms with Crippen LogP contribution in [-0.4, -0.2) is 23.7 Å². The molecular formula is C16H21NO4. The van der Waals surface area contributed by atoms with Crippen LogP contribution in [-0.2, 0) is 14.3 Å². The largest absolute Gasteiger partial charge is 0.456 e. The van der Waals surface area contributed by atoms with Crippen LogP contribution in [0.15, 0.2) is 30.3 Å². The van der Waals surface area contributed by atoms with Crippen LogP contribution in [0.2, 0.25) is 0 Å². The monoisotopic (exact) mass is 291 g/mol. The molecule has 2 rings (SSSR count). The predicted octanol–water partition coefficient (Wildman–Crippen LogP) is 2.81. The lowest BCUT2D eigenvalue weighted by Gasteiger charge is -2.22. The van der Waals surface area contributed by atoms with E-state index in [4.69, 9.17) is 9.47 Å². The van der Waals surface area contributed by atoms with Crippen molar-refractivity contribution < 1.29 is 19.1 Å². The van der Waals surface area contributed by atoms with Crippen LogP contribution < -0.4 is 5.32 Å². The molecule has 1 saturated heterocycles. The lowest BCUT2D eigenvalue weighted by Crippen LogP contribution is -2.44. The van der Waals surface area contributed by atoms with Crippen molar-refractivity contribution in [2.24, 2.45) is 5.92 Å². The molecule has 5 nitrogen and oxygen atoms in total. The molecule has 1 heterocycles. The second-order valence-electron chi connectivity index (χ2n) is 6.25. The molecule has 1 aliphatic heterocycles. The number of nitrogens with one attached hydrogen (secondary N) is 1. The maximum atomic E-state index is 12.0. The molecule has 0 aliphatic carbocycles. The Bertz CT molecular complexity index is 521. The fraction of sp³-hybridized carbons (Fsp3) is 0.500. The Morgan fingerprint density at radius 3 is 2.43 bits per heavy atom. The second-order valence-corrected chi connectivity index (χ2v) is 6.25. The van der Waals surface area contributed by atoms with Crippen molar-refractivity contribution in [3.05, 3.63) is 35.9 Å². The van der Waals surface area contributed by atoms with E-state index in [1.807, 2.05) is 37.3 Å². The zero-order chi connectivity index (χ0) is 15.6. The topological polar surface area (TPSA) is 64.6 Å². The molecule has 0 bridgehead atoms. The molecule has 0 saturated carbocycles. The average molecular weight is 291 g/mol. The number of alkyl carbamates (subject to hydrolysis) is 1. The van der Waals surface area contributed by atoms with Gasteiger partial charge in [0.15, 0.2) is 0 Å². The summed E-state index contributed by atoms with van der Waals surface area (Å²) in [5, 5.41) is 2.60. The quantitative estimate of drug-likeness (QED) is 0.851. The summed E-state index contributed by atoms with van der Waals surface area (Å²) in [4.78, 5) is 23.8. The molecule has 0 aromatic heterocycles. The zero-order valence-corrected chi connectivity index (χ0v) is 12.8. The predicted molar refractivity (Wildman–Crippen MR) is 77.6 cm³/mol. The van der Waals surface area contributed by atoms with Crippen molar-refractivity contribution >= 4 is 12.1 Å². The molecular weight excluding hydrogens is 270 g/mol. The molecule has 3 atom stereocenters. The smallest absolute Gasteiger partial charge is 0.408 e. The van der Waals surface area contributed by atoms with Gasteiger partial charge in [0.1, 0.15) is 17.7 Å². The van der Waals surface area contributed by atoms with Crippen molar-refractivity contribution in [3.63, 3.8) is 0 Å². The Labute approximate surface area is 124 Å². The molecule has 5 heteroatoms. The Morgan fingerprint density at radius 2 is 1.86 bits per heavy atom. The van der Waals surface area contributed by atoms with E-state index in [-0.39, 0.29) is 12.0 Å². The summed E-state index contributed by atoms with van der Waals surface area (Å²) in [6, 6.07) is 8.82. The van der Waals surface area contributed by atoms with Gasteiger partial charge in [-0.25, -0.2) is 9.59 Å². The van der Waals surface area contributed by atoms with Crippen molar-refractivity contribution in [3.8, 4) is 0 Å². The molecule has 1 aliphatic rings. The van der Waals surface area contributed by atoms with Crippen molar-refractivity contribution in [2.45, 2.75) is 45.4 Å². The van der Waals surface area contributed by atoms with E-state index in [9.17, 15) is 9.59 Å². The standard InChI is InChI=1S/C16H21NO4/c1-10-12(17-15(19)21-16(2,3)4)14(18)20-13(10)11-8-6-5-7-9-11/h5-10,12-13H,1-4H3,(H,17,19)/t10-,12+,13-/m1/s1. The van der Waals surface area contributed by atoms with Crippen molar-refractivity contribution in [1.82, 2.24) is 5.32 Å². The third-order valence-corrected chi connectivity index (χ3v) is 3.30. The molecule has 0 spiro atoms. The highest BCUT2D eigenvalue weighted by molar-refractivity contribution is 5.83. The van der Waals surface area contributed by atoms with Crippen LogP contribution in [0.1, 0.15) is 39.4 Å². The molecule has 1 fully saturated rings. The Morgan fingerprint density at radius 1 is 1.24 bits per heavy atom. The maximum absolute atomic E-state index is 12.0. The SMILES string of the molecule is C[C@@H]1[C@H](NC(=O)OC(C)(C)C)C(=O)O[C@H]1c1ccccc1.